The summed E-state index contributed by atoms with van der Waals surface area (Å²) >= 11 is 0. The molecule has 8 heteroatoms. The molecule has 0 saturated heterocycles. The van der Waals surface area contributed by atoms with E-state index in [0.717, 1.165) is 37.1 Å². The summed E-state index contributed by atoms with van der Waals surface area (Å²) in [4.78, 5) is 35.4. The molecule has 0 spiro atoms. The molecular weight excluding hydrogens is 377 g/mol. The summed E-state index contributed by atoms with van der Waals surface area (Å²) < 4.78 is 13.3. The Morgan fingerprint density at radius 1 is 0.828 bits per heavy atom. The number of halogens is 1. The number of hydrogen-bond acceptors (Lipinski definition) is 4. The molecule has 0 aliphatic heterocycles. The molecule has 0 aliphatic rings. The monoisotopic (exact) mass is 401 g/mol. The van der Waals surface area contributed by atoms with Gasteiger partial charge >= 0.3 is 0 Å². The van der Waals surface area contributed by atoms with Gasteiger partial charge in [0.1, 0.15) is 5.82 Å². The van der Waals surface area contributed by atoms with E-state index in [2.05, 4.69) is 10.6 Å². The van der Waals surface area contributed by atoms with Crippen molar-refractivity contribution in [3.63, 3.8) is 0 Å². The topological polar surface area (TPSA) is 108 Å². The Kier molecular flexibility index (Phi) is 8.78. The van der Waals surface area contributed by atoms with E-state index in [0.29, 0.717) is 12.8 Å². The quantitative estimate of drug-likeness (QED) is 0.275. The normalized spacial score (nSPS) is 10.3. The van der Waals surface area contributed by atoms with Gasteiger partial charge in [0.2, 0.25) is 11.8 Å². The van der Waals surface area contributed by atoms with E-state index in [-0.39, 0.29) is 29.5 Å². The highest BCUT2D eigenvalue weighted by Gasteiger charge is 2.14. The molecule has 7 nitrogen and oxygen atoms in total. The van der Waals surface area contributed by atoms with E-state index in [4.69, 9.17) is 5.21 Å². The van der Waals surface area contributed by atoms with Crippen molar-refractivity contribution in [2.45, 2.75) is 38.5 Å². The number of nitrogens with one attached hydrogen (secondary N) is 3. The molecule has 0 atom stereocenters. The first-order valence-electron chi connectivity index (χ1n) is 9.38. The first-order valence-corrected chi connectivity index (χ1v) is 9.38. The van der Waals surface area contributed by atoms with Crippen LogP contribution in [0.5, 0.6) is 0 Å². The minimum absolute atomic E-state index is 0.0417. The van der Waals surface area contributed by atoms with Crippen LogP contribution in [0.1, 0.15) is 48.9 Å². The summed E-state index contributed by atoms with van der Waals surface area (Å²) in [7, 11) is 0. The van der Waals surface area contributed by atoms with Crippen LogP contribution in [0.2, 0.25) is 0 Å². The molecule has 4 N–H and O–H groups in total. The number of hydroxylamine groups is 1. The van der Waals surface area contributed by atoms with Crippen LogP contribution in [0.25, 0.3) is 0 Å². The van der Waals surface area contributed by atoms with Gasteiger partial charge in [-0.2, -0.15) is 0 Å². The molecule has 2 aromatic carbocycles. The molecule has 0 unspecified atom stereocenters. The Bertz CT molecular complexity index is 843. The smallest absolute Gasteiger partial charge is 0.276 e. The van der Waals surface area contributed by atoms with Gasteiger partial charge in [-0.1, -0.05) is 31.0 Å². The second-order valence-corrected chi connectivity index (χ2v) is 6.51. The van der Waals surface area contributed by atoms with Crippen LogP contribution in [0.3, 0.4) is 0 Å². The molecular formula is C21H24FN3O4. The Labute approximate surface area is 168 Å². The SMILES string of the molecule is O=C(CCCCCCC(=O)Nc1ccc(F)cc1C(=O)NO)Nc1ccccc1. The first kappa shape index (κ1) is 22.0. The third-order valence-electron chi connectivity index (χ3n) is 4.22. The Morgan fingerprint density at radius 3 is 2.07 bits per heavy atom. The minimum Gasteiger partial charge on any atom is -0.326 e. The molecule has 0 saturated carbocycles. The fourth-order valence-corrected chi connectivity index (χ4v) is 2.76. The van der Waals surface area contributed by atoms with E-state index in [1.807, 2.05) is 30.3 Å². The first-order chi connectivity index (χ1) is 14.0. The highest BCUT2D eigenvalue weighted by atomic mass is 19.1. The molecule has 29 heavy (non-hydrogen) atoms. The van der Waals surface area contributed by atoms with Crippen molar-refractivity contribution in [2.75, 3.05) is 10.6 Å². The summed E-state index contributed by atoms with van der Waals surface area (Å²) in [5, 5.41) is 14.1. The van der Waals surface area contributed by atoms with Gasteiger partial charge < -0.3 is 10.6 Å². The van der Waals surface area contributed by atoms with Gasteiger partial charge in [0, 0.05) is 18.5 Å². The molecule has 2 rings (SSSR count). The van der Waals surface area contributed by atoms with Gasteiger partial charge in [-0.25, -0.2) is 9.87 Å². The predicted octanol–water partition coefficient (Wildman–Crippen LogP) is 3.86. The molecule has 0 aromatic heterocycles. The lowest BCUT2D eigenvalue weighted by Crippen LogP contribution is -2.22. The maximum Gasteiger partial charge on any atom is 0.276 e. The van der Waals surface area contributed by atoms with Gasteiger partial charge in [-0.3, -0.25) is 19.6 Å². The maximum absolute atomic E-state index is 13.3. The average Bonchev–Trinajstić information content (AvgIpc) is 2.72. The van der Waals surface area contributed by atoms with Crippen molar-refractivity contribution in [3.05, 3.63) is 59.9 Å². The summed E-state index contributed by atoms with van der Waals surface area (Å²) in [6.07, 6.45) is 3.57. The second kappa shape index (κ2) is 11.6. The zero-order valence-corrected chi connectivity index (χ0v) is 15.9. The van der Waals surface area contributed by atoms with E-state index in [1.165, 1.54) is 11.5 Å². The van der Waals surface area contributed by atoms with Crippen LogP contribution in [0, 0.1) is 5.82 Å². The van der Waals surface area contributed by atoms with E-state index in [9.17, 15) is 18.8 Å². The number of unbranched alkanes of at least 4 members (excludes halogenated alkanes) is 3. The third-order valence-corrected chi connectivity index (χ3v) is 4.22. The van der Waals surface area contributed by atoms with Crippen LogP contribution < -0.4 is 16.1 Å². The Hall–Kier alpha value is -3.26. The summed E-state index contributed by atoms with van der Waals surface area (Å²) in [5.41, 5.74) is 2.15. The number of benzene rings is 2. The number of anilines is 2. The van der Waals surface area contributed by atoms with Crippen LogP contribution in [0.4, 0.5) is 15.8 Å². The van der Waals surface area contributed by atoms with Crippen molar-refractivity contribution >= 4 is 29.1 Å². The fourth-order valence-electron chi connectivity index (χ4n) is 2.76. The summed E-state index contributed by atoms with van der Waals surface area (Å²) in [5.74, 6) is -1.92. The van der Waals surface area contributed by atoms with Crippen LogP contribution in [0.15, 0.2) is 48.5 Å². The van der Waals surface area contributed by atoms with Gasteiger partial charge in [0.15, 0.2) is 0 Å². The Balaban J connectivity index is 1.65. The van der Waals surface area contributed by atoms with Crippen molar-refractivity contribution in [2.24, 2.45) is 0 Å². The molecule has 154 valence electrons. The number of carbonyl (C=O) groups is 3. The highest BCUT2D eigenvalue weighted by Crippen LogP contribution is 2.18. The van der Waals surface area contributed by atoms with Gasteiger partial charge in [-0.05, 0) is 43.2 Å². The third kappa shape index (κ3) is 7.71. The highest BCUT2D eigenvalue weighted by molar-refractivity contribution is 6.03. The largest absolute Gasteiger partial charge is 0.326 e. The van der Waals surface area contributed by atoms with E-state index >= 15 is 0 Å². The van der Waals surface area contributed by atoms with Crippen molar-refractivity contribution in [1.29, 1.82) is 0 Å². The van der Waals surface area contributed by atoms with Crippen LogP contribution >= 0.6 is 0 Å². The Morgan fingerprint density at radius 2 is 1.45 bits per heavy atom. The van der Waals surface area contributed by atoms with Crippen molar-refractivity contribution in [1.82, 2.24) is 5.48 Å². The van der Waals surface area contributed by atoms with Crippen molar-refractivity contribution < 1.29 is 24.0 Å². The summed E-state index contributed by atoms with van der Waals surface area (Å²) in [6, 6.07) is 12.6. The standard InChI is InChI=1S/C21H24FN3O4/c22-15-12-13-18(17(14-15)21(28)25-29)24-20(27)11-7-2-1-6-10-19(26)23-16-8-4-3-5-9-16/h3-5,8-9,12-14,29H,1-2,6-7,10-11H2,(H,23,26)(H,24,27)(H,25,28). The molecule has 0 radical (unpaired) electrons. The molecule has 0 aliphatic carbocycles. The zero-order valence-electron chi connectivity index (χ0n) is 15.9. The molecule has 0 fully saturated rings. The fraction of sp³-hybridized carbons (Fsp3) is 0.286. The second-order valence-electron chi connectivity index (χ2n) is 6.51. The van der Waals surface area contributed by atoms with Gasteiger partial charge in [0.25, 0.3) is 5.91 Å². The molecule has 3 amide bonds. The maximum atomic E-state index is 13.3. The number of rotatable bonds is 10. The number of amides is 3. The van der Waals surface area contributed by atoms with Crippen LogP contribution in [-0.2, 0) is 9.59 Å². The van der Waals surface area contributed by atoms with Gasteiger partial charge in [-0.15, -0.1) is 0 Å². The zero-order chi connectivity index (χ0) is 21.1. The van der Waals surface area contributed by atoms with Crippen molar-refractivity contribution in [3.8, 4) is 0 Å². The number of para-hydroxylation sites is 1. The van der Waals surface area contributed by atoms with E-state index in [1.54, 1.807) is 0 Å². The van der Waals surface area contributed by atoms with E-state index < -0.39 is 11.7 Å². The number of carbonyl (C=O) groups excluding carboxylic acids is 3. The average molecular weight is 401 g/mol. The molecule has 2 aromatic rings. The number of hydrogen-bond donors (Lipinski definition) is 4. The van der Waals surface area contributed by atoms with Crippen LogP contribution in [-0.4, -0.2) is 22.9 Å². The lowest BCUT2D eigenvalue weighted by atomic mass is 10.1. The minimum atomic E-state index is -0.909. The lowest BCUT2D eigenvalue weighted by Gasteiger charge is -2.10. The molecule has 0 bridgehead atoms. The molecule has 0 heterocycles. The lowest BCUT2D eigenvalue weighted by molar-refractivity contribution is -0.117. The summed E-state index contributed by atoms with van der Waals surface area (Å²) in [6.45, 7) is 0. The predicted molar refractivity (Wildman–Crippen MR) is 107 cm³/mol. The van der Waals surface area contributed by atoms with Gasteiger partial charge in [0.05, 0.1) is 11.3 Å².